The number of hydrogen-bond acceptors (Lipinski definition) is 2. The number of benzene rings is 1. The van der Waals surface area contributed by atoms with Crippen LogP contribution < -0.4 is 5.32 Å². The average molecular weight is 284 g/mol. The Balaban J connectivity index is 1.79. The molecule has 2 heterocycles. The van der Waals surface area contributed by atoms with Crippen LogP contribution in [-0.2, 0) is 13.1 Å². The number of rotatable bonds is 6. The fraction of sp³-hybridized carbons (Fsp3) is 0.294. The molecule has 0 saturated heterocycles. The highest BCUT2D eigenvalue weighted by Gasteiger charge is 2.03. The van der Waals surface area contributed by atoms with Gasteiger partial charge in [-0.2, -0.15) is 0 Å². The molecule has 0 aliphatic rings. The van der Waals surface area contributed by atoms with Gasteiger partial charge in [0.15, 0.2) is 0 Å². The summed E-state index contributed by atoms with van der Waals surface area (Å²) >= 11 is 1.82. The number of nitrogens with zero attached hydrogens (tertiary/aromatic N) is 1. The van der Waals surface area contributed by atoms with Crippen molar-refractivity contribution in [1.29, 1.82) is 0 Å². The number of nitrogens with one attached hydrogen (secondary N) is 1. The minimum atomic E-state index is 0.958. The van der Waals surface area contributed by atoms with Crippen LogP contribution in [0.2, 0.25) is 0 Å². The highest BCUT2D eigenvalue weighted by molar-refractivity contribution is 7.09. The summed E-state index contributed by atoms with van der Waals surface area (Å²) in [7, 11) is 0. The molecule has 2 nitrogen and oxygen atoms in total. The molecule has 2 aromatic heterocycles. The van der Waals surface area contributed by atoms with Crippen LogP contribution >= 0.6 is 11.3 Å². The summed E-state index contributed by atoms with van der Waals surface area (Å²) in [6, 6.07) is 13.3. The van der Waals surface area contributed by atoms with E-state index in [1.54, 1.807) is 0 Å². The average Bonchev–Trinajstić information content (AvgIpc) is 3.10. The molecule has 104 valence electrons. The summed E-state index contributed by atoms with van der Waals surface area (Å²) in [5.74, 6) is 0. The summed E-state index contributed by atoms with van der Waals surface area (Å²) in [5.41, 5.74) is 2.68. The Labute approximate surface area is 124 Å². The molecular formula is C17H20N2S. The topological polar surface area (TPSA) is 17.0 Å². The molecule has 20 heavy (non-hydrogen) atoms. The molecule has 0 bridgehead atoms. The molecule has 0 spiro atoms. The van der Waals surface area contributed by atoms with Crippen molar-refractivity contribution in [3.05, 3.63) is 58.4 Å². The maximum atomic E-state index is 3.45. The standard InChI is InChI=1S/C17H20N2S/c1-2-8-18-12-14-5-6-17-15(11-14)7-9-19(17)13-16-4-3-10-20-16/h3-7,9-11,18H,2,8,12-13H2,1H3. The Kier molecular flexibility index (Phi) is 4.19. The van der Waals surface area contributed by atoms with Gasteiger partial charge in [0.1, 0.15) is 0 Å². The maximum absolute atomic E-state index is 3.45. The molecule has 3 heteroatoms. The molecule has 0 fully saturated rings. The van der Waals surface area contributed by atoms with E-state index in [4.69, 9.17) is 0 Å². The molecule has 3 aromatic rings. The van der Waals surface area contributed by atoms with Crippen molar-refractivity contribution in [1.82, 2.24) is 9.88 Å². The van der Waals surface area contributed by atoms with E-state index >= 15 is 0 Å². The van der Waals surface area contributed by atoms with E-state index in [0.29, 0.717) is 0 Å². The smallest absolute Gasteiger partial charge is 0.0569 e. The second-order valence-electron chi connectivity index (χ2n) is 5.09. The lowest BCUT2D eigenvalue weighted by Crippen LogP contribution is -2.13. The van der Waals surface area contributed by atoms with Gasteiger partial charge in [-0.05, 0) is 53.6 Å². The first-order chi connectivity index (χ1) is 9.86. The van der Waals surface area contributed by atoms with E-state index in [9.17, 15) is 0 Å². The fourth-order valence-corrected chi connectivity index (χ4v) is 3.18. The lowest BCUT2D eigenvalue weighted by Gasteiger charge is -2.06. The second-order valence-corrected chi connectivity index (χ2v) is 6.13. The highest BCUT2D eigenvalue weighted by Crippen LogP contribution is 2.20. The summed E-state index contributed by atoms with van der Waals surface area (Å²) in [6.07, 6.45) is 3.37. The molecule has 0 amide bonds. The third-order valence-electron chi connectivity index (χ3n) is 3.50. The van der Waals surface area contributed by atoms with Gasteiger partial charge in [0.05, 0.1) is 6.54 Å². The molecule has 0 aliphatic heterocycles. The third-order valence-corrected chi connectivity index (χ3v) is 4.36. The Hall–Kier alpha value is -1.58. The van der Waals surface area contributed by atoms with Crippen molar-refractivity contribution >= 4 is 22.2 Å². The van der Waals surface area contributed by atoms with Crippen molar-refractivity contribution in [3.63, 3.8) is 0 Å². The van der Waals surface area contributed by atoms with Crippen LogP contribution in [0.3, 0.4) is 0 Å². The van der Waals surface area contributed by atoms with Crippen LogP contribution in [-0.4, -0.2) is 11.1 Å². The van der Waals surface area contributed by atoms with Crippen LogP contribution in [0.4, 0.5) is 0 Å². The van der Waals surface area contributed by atoms with Crippen molar-refractivity contribution < 1.29 is 0 Å². The van der Waals surface area contributed by atoms with Crippen LogP contribution in [0, 0.1) is 0 Å². The van der Waals surface area contributed by atoms with Gasteiger partial charge in [0.25, 0.3) is 0 Å². The molecule has 3 rings (SSSR count). The zero-order valence-corrected chi connectivity index (χ0v) is 12.6. The first-order valence-electron chi connectivity index (χ1n) is 7.17. The summed E-state index contributed by atoms with van der Waals surface area (Å²) in [4.78, 5) is 1.40. The van der Waals surface area contributed by atoms with E-state index in [1.165, 1.54) is 27.8 Å². The van der Waals surface area contributed by atoms with Gasteiger partial charge < -0.3 is 9.88 Å². The Morgan fingerprint density at radius 1 is 1.20 bits per heavy atom. The van der Waals surface area contributed by atoms with Gasteiger partial charge in [-0.25, -0.2) is 0 Å². The van der Waals surface area contributed by atoms with Gasteiger partial charge in [0, 0.05) is 23.1 Å². The van der Waals surface area contributed by atoms with E-state index in [-0.39, 0.29) is 0 Å². The molecular weight excluding hydrogens is 264 g/mol. The van der Waals surface area contributed by atoms with E-state index in [2.05, 4.69) is 64.8 Å². The molecule has 0 aliphatic carbocycles. The number of hydrogen-bond donors (Lipinski definition) is 1. The van der Waals surface area contributed by atoms with Crippen molar-refractivity contribution in [2.24, 2.45) is 0 Å². The van der Waals surface area contributed by atoms with Crippen LogP contribution in [0.1, 0.15) is 23.8 Å². The Morgan fingerprint density at radius 2 is 2.15 bits per heavy atom. The fourth-order valence-electron chi connectivity index (χ4n) is 2.48. The Morgan fingerprint density at radius 3 is 2.95 bits per heavy atom. The van der Waals surface area contributed by atoms with Crippen molar-refractivity contribution in [3.8, 4) is 0 Å². The van der Waals surface area contributed by atoms with Crippen molar-refractivity contribution in [2.45, 2.75) is 26.4 Å². The summed E-state index contributed by atoms with van der Waals surface area (Å²) in [6.45, 7) is 5.20. The maximum Gasteiger partial charge on any atom is 0.0569 e. The lowest BCUT2D eigenvalue weighted by molar-refractivity contribution is 0.676. The minimum absolute atomic E-state index is 0.958. The number of fused-ring (bicyclic) bond motifs is 1. The van der Waals surface area contributed by atoms with Gasteiger partial charge in [0.2, 0.25) is 0 Å². The van der Waals surface area contributed by atoms with E-state index in [0.717, 1.165) is 19.6 Å². The molecule has 1 aromatic carbocycles. The van der Waals surface area contributed by atoms with Crippen LogP contribution in [0.25, 0.3) is 10.9 Å². The van der Waals surface area contributed by atoms with Crippen molar-refractivity contribution in [2.75, 3.05) is 6.54 Å². The SMILES string of the molecule is CCCNCc1ccc2c(ccn2Cc2cccs2)c1. The zero-order chi connectivity index (χ0) is 13.8. The second kappa shape index (κ2) is 6.25. The molecule has 0 saturated carbocycles. The molecule has 0 atom stereocenters. The minimum Gasteiger partial charge on any atom is -0.342 e. The molecule has 0 radical (unpaired) electrons. The predicted molar refractivity (Wildman–Crippen MR) is 87.4 cm³/mol. The quantitative estimate of drug-likeness (QED) is 0.670. The first kappa shape index (κ1) is 13.4. The van der Waals surface area contributed by atoms with E-state index < -0.39 is 0 Å². The molecule has 1 N–H and O–H groups in total. The zero-order valence-electron chi connectivity index (χ0n) is 11.8. The lowest BCUT2D eigenvalue weighted by atomic mass is 10.1. The van der Waals surface area contributed by atoms with Gasteiger partial charge in [-0.15, -0.1) is 11.3 Å². The predicted octanol–water partition coefficient (Wildman–Crippen LogP) is 4.25. The monoisotopic (exact) mass is 284 g/mol. The molecule has 0 unspecified atom stereocenters. The number of thiophene rings is 1. The Bertz CT molecular complexity index is 667. The van der Waals surface area contributed by atoms with Gasteiger partial charge >= 0.3 is 0 Å². The van der Waals surface area contributed by atoms with E-state index in [1.807, 2.05) is 11.3 Å². The largest absolute Gasteiger partial charge is 0.342 e. The van der Waals surface area contributed by atoms with Crippen LogP contribution in [0.15, 0.2) is 48.0 Å². The number of aromatic nitrogens is 1. The highest BCUT2D eigenvalue weighted by atomic mass is 32.1. The van der Waals surface area contributed by atoms with Gasteiger partial charge in [-0.1, -0.05) is 19.1 Å². The summed E-state index contributed by atoms with van der Waals surface area (Å²) in [5, 5.41) is 6.92. The van der Waals surface area contributed by atoms with Crippen LogP contribution in [0.5, 0.6) is 0 Å². The first-order valence-corrected chi connectivity index (χ1v) is 8.05. The normalized spacial score (nSPS) is 11.2. The summed E-state index contributed by atoms with van der Waals surface area (Å²) < 4.78 is 2.32. The third kappa shape index (κ3) is 2.94. The van der Waals surface area contributed by atoms with Gasteiger partial charge in [-0.3, -0.25) is 0 Å².